The lowest BCUT2D eigenvalue weighted by atomic mass is 9.96. The summed E-state index contributed by atoms with van der Waals surface area (Å²) in [7, 11) is -1.52. The van der Waals surface area contributed by atoms with E-state index in [4.69, 9.17) is 0 Å². The van der Waals surface area contributed by atoms with E-state index in [0.29, 0.717) is 24.6 Å². The van der Waals surface area contributed by atoms with E-state index >= 15 is 0 Å². The molecule has 0 amide bonds. The largest absolute Gasteiger partial charge is 0.390 e. The number of anilines is 1. The van der Waals surface area contributed by atoms with E-state index in [0.717, 1.165) is 25.9 Å². The van der Waals surface area contributed by atoms with Gasteiger partial charge in [0.1, 0.15) is 4.90 Å². The predicted molar refractivity (Wildman–Crippen MR) is 94.2 cm³/mol. The van der Waals surface area contributed by atoms with Crippen LogP contribution in [0, 0.1) is 0 Å². The minimum Gasteiger partial charge on any atom is -0.390 e. The lowest BCUT2D eigenvalue weighted by Gasteiger charge is -2.26. The number of aromatic nitrogens is 2. The molecule has 8 heteroatoms. The van der Waals surface area contributed by atoms with Crippen molar-refractivity contribution in [3.8, 4) is 0 Å². The zero-order valence-electron chi connectivity index (χ0n) is 14.9. The Kier molecular flexibility index (Phi) is 5.83. The second kappa shape index (κ2) is 7.33. The quantitative estimate of drug-likeness (QED) is 0.783. The molecule has 0 spiro atoms. The molecule has 1 aliphatic rings. The van der Waals surface area contributed by atoms with Gasteiger partial charge in [0.05, 0.1) is 17.5 Å². The zero-order chi connectivity index (χ0) is 18.0. The third kappa shape index (κ3) is 5.12. The average Bonchev–Trinajstić information content (AvgIpc) is 2.51. The van der Waals surface area contributed by atoms with Crippen molar-refractivity contribution in [2.24, 2.45) is 0 Å². The number of aliphatic hydroxyl groups is 1. The van der Waals surface area contributed by atoms with E-state index in [1.807, 2.05) is 11.9 Å². The molecule has 2 N–H and O–H groups in total. The highest BCUT2D eigenvalue weighted by molar-refractivity contribution is 7.90. The maximum atomic E-state index is 12.1. The Balaban J connectivity index is 2.31. The number of hydrogen-bond acceptors (Lipinski definition) is 7. The highest BCUT2D eigenvalue weighted by atomic mass is 32.2. The second-order valence-corrected chi connectivity index (χ2v) is 9.20. The molecule has 1 aromatic heterocycles. The molecule has 0 radical (unpaired) electrons. The summed E-state index contributed by atoms with van der Waals surface area (Å²) in [4.78, 5) is 10.9. The van der Waals surface area contributed by atoms with Crippen molar-refractivity contribution in [3.05, 3.63) is 11.9 Å². The average molecular weight is 356 g/mol. The molecule has 0 aliphatic carbocycles. The topological polar surface area (TPSA) is 95.4 Å². The van der Waals surface area contributed by atoms with Gasteiger partial charge >= 0.3 is 0 Å². The van der Waals surface area contributed by atoms with Crippen molar-refractivity contribution >= 4 is 15.8 Å². The van der Waals surface area contributed by atoms with Gasteiger partial charge in [-0.15, -0.1) is 0 Å². The summed E-state index contributed by atoms with van der Waals surface area (Å²) in [5.41, 5.74) is -0.165. The fourth-order valence-corrected chi connectivity index (χ4v) is 3.60. The summed E-state index contributed by atoms with van der Waals surface area (Å²) >= 11 is 0. The summed E-state index contributed by atoms with van der Waals surface area (Å²) in [6.45, 7) is 5.78. The Hall–Kier alpha value is -1.25. The van der Waals surface area contributed by atoms with Gasteiger partial charge in [0, 0.05) is 32.3 Å². The summed E-state index contributed by atoms with van der Waals surface area (Å²) < 4.78 is 24.2. The standard InChI is InChI=1S/C16H28N4O3S/c1-16(2,21)7-9-20(3)15-18-11-13(24(4,22)23)14(19-15)12-6-5-8-17-10-12/h11-12,17,21H,5-10H2,1-4H3/t12-/m1/s1. The predicted octanol–water partition coefficient (Wildman–Crippen LogP) is 0.944. The maximum Gasteiger partial charge on any atom is 0.225 e. The number of nitrogens with one attached hydrogen (secondary N) is 1. The molecular formula is C16H28N4O3S. The Labute approximate surface area is 144 Å². The first-order valence-electron chi connectivity index (χ1n) is 8.29. The van der Waals surface area contributed by atoms with Crippen molar-refractivity contribution in [1.82, 2.24) is 15.3 Å². The fourth-order valence-electron chi connectivity index (χ4n) is 2.76. The van der Waals surface area contributed by atoms with Gasteiger partial charge < -0.3 is 15.3 Å². The first-order valence-corrected chi connectivity index (χ1v) is 10.2. The summed E-state index contributed by atoms with van der Waals surface area (Å²) in [6.07, 6.45) is 5.10. The highest BCUT2D eigenvalue weighted by Crippen LogP contribution is 2.28. The molecular weight excluding hydrogens is 328 g/mol. The molecule has 0 saturated carbocycles. The Morgan fingerprint density at radius 1 is 1.46 bits per heavy atom. The van der Waals surface area contributed by atoms with Crippen molar-refractivity contribution in [3.63, 3.8) is 0 Å². The highest BCUT2D eigenvalue weighted by Gasteiger charge is 2.26. The zero-order valence-corrected chi connectivity index (χ0v) is 15.7. The van der Waals surface area contributed by atoms with Crippen LogP contribution in [-0.4, -0.2) is 62.0 Å². The number of hydrogen-bond donors (Lipinski definition) is 2. The molecule has 136 valence electrons. The van der Waals surface area contributed by atoms with Crippen LogP contribution in [0.2, 0.25) is 0 Å². The van der Waals surface area contributed by atoms with E-state index in [1.165, 1.54) is 12.5 Å². The first-order chi connectivity index (χ1) is 11.1. The SMILES string of the molecule is CN(CCC(C)(C)O)c1ncc(S(C)(=O)=O)c([C@@H]2CCCNC2)n1. The van der Waals surface area contributed by atoms with Crippen LogP contribution in [0.4, 0.5) is 5.95 Å². The van der Waals surface area contributed by atoms with Gasteiger partial charge in [0.25, 0.3) is 0 Å². The Morgan fingerprint density at radius 3 is 2.71 bits per heavy atom. The number of piperidine rings is 1. The van der Waals surface area contributed by atoms with Crippen LogP contribution in [0.25, 0.3) is 0 Å². The van der Waals surface area contributed by atoms with Gasteiger partial charge in [0.2, 0.25) is 5.95 Å². The third-order valence-electron chi connectivity index (χ3n) is 4.25. The number of rotatable bonds is 6. The van der Waals surface area contributed by atoms with Gasteiger partial charge in [-0.1, -0.05) is 0 Å². The smallest absolute Gasteiger partial charge is 0.225 e. The van der Waals surface area contributed by atoms with E-state index in [1.54, 1.807) is 13.8 Å². The monoisotopic (exact) mass is 356 g/mol. The molecule has 1 aromatic rings. The molecule has 1 atom stereocenters. The molecule has 7 nitrogen and oxygen atoms in total. The van der Waals surface area contributed by atoms with Crippen LogP contribution in [0.1, 0.15) is 44.7 Å². The van der Waals surface area contributed by atoms with E-state index in [2.05, 4.69) is 15.3 Å². The Morgan fingerprint density at radius 2 is 2.17 bits per heavy atom. The molecule has 0 unspecified atom stereocenters. The minimum absolute atomic E-state index is 0.0768. The number of nitrogens with zero attached hydrogens (tertiary/aromatic N) is 3. The lowest BCUT2D eigenvalue weighted by Crippen LogP contribution is -2.32. The van der Waals surface area contributed by atoms with Gasteiger partial charge in [0.15, 0.2) is 9.84 Å². The van der Waals surface area contributed by atoms with E-state index in [-0.39, 0.29) is 10.8 Å². The van der Waals surface area contributed by atoms with Crippen LogP contribution >= 0.6 is 0 Å². The molecule has 2 heterocycles. The van der Waals surface area contributed by atoms with Gasteiger partial charge in [-0.05, 0) is 39.7 Å². The van der Waals surface area contributed by atoms with E-state index in [9.17, 15) is 13.5 Å². The van der Waals surface area contributed by atoms with Crippen LogP contribution in [-0.2, 0) is 9.84 Å². The molecule has 0 aromatic carbocycles. The van der Waals surface area contributed by atoms with E-state index < -0.39 is 15.4 Å². The van der Waals surface area contributed by atoms with Crippen molar-refractivity contribution in [2.45, 2.75) is 49.5 Å². The second-order valence-electron chi connectivity index (χ2n) is 7.22. The molecule has 1 aliphatic heterocycles. The van der Waals surface area contributed by atoms with Crippen LogP contribution in [0.3, 0.4) is 0 Å². The van der Waals surface area contributed by atoms with Gasteiger partial charge in [-0.2, -0.15) is 0 Å². The van der Waals surface area contributed by atoms with Crippen molar-refractivity contribution in [1.29, 1.82) is 0 Å². The van der Waals surface area contributed by atoms with Gasteiger partial charge in [-0.3, -0.25) is 0 Å². The maximum absolute atomic E-state index is 12.1. The van der Waals surface area contributed by atoms with Crippen LogP contribution in [0.5, 0.6) is 0 Å². The fraction of sp³-hybridized carbons (Fsp3) is 0.750. The first kappa shape index (κ1) is 19.1. The molecule has 1 fully saturated rings. The van der Waals surface area contributed by atoms with Crippen LogP contribution < -0.4 is 10.2 Å². The summed E-state index contributed by atoms with van der Waals surface area (Å²) in [5.74, 6) is 0.570. The molecule has 0 bridgehead atoms. The van der Waals surface area contributed by atoms with Crippen molar-refractivity contribution < 1.29 is 13.5 Å². The van der Waals surface area contributed by atoms with Gasteiger partial charge in [-0.25, -0.2) is 18.4 Å². The third-order valence-corrected chi connectivity index (χ3v) is 5.37. The molecule has 24 heavy (non-hydrogen) atoms. The lowest BCUT2D eigenvalue weighted by molar-refractivity contribution is 0.0733. The molecule has 1 saturated heterocycles. The molecule has 2 rings (SSSR count). The summed E-state index contributed by atoms with van der Waals surface area (Å²) in [6, 6.07) is 0. The minimum atomic E-state index is -3.37. The normalized spacial score (nSPS) is 19.3. The number of sulfone groups is 1. The van der Waals surface area contributed by atoms with Crippen LogP contribution in [0.15, 0.2) is 11.1 Å². The summed E-state index contributed by atoms with van der Waals surface area (Å²) in [5, 5.41) is 13.2. The Bertz CT molecular complexity index is 664. The van der Waals surface area contributed by atoms with Crippen molar-refractivity contribution in [2.75, 3.05) is 37.8 Å².